The summed E-state index contributed by atoms with van der Waals surface area (Å²) in [5.74, 6) is 0. The smallest absolute Gasteiger partial charge is 0.0552 e. The number of hydrogen-bond donors (Lipinski definition) is 14. The summed E-state index contributed by atoms with van der Waals surface area (Å²) in [7, 11) is 7.00. The molecule has 0 bridgehead atoms. The molecule has 0 saturated heterocycles. The highest BCUT2D eigenvalue weighted by Gasteiger charge is 2.19. The number of fused-ring (bicyclic) bond motifs is 6. The van der Waals surface area contributed by atoms with E-state index in [-0.39, 0.29) is 42.7 Å². The van der Waals surface area contributed by atoms with Crippen molar-refractivity contribution in [3.05, 3.63) is 445 Å². The van der Waals surface area contributed by atoms with Crippen molar-refractivity contribution in [1.82, 2.24) is 0 Å². The van der Waals surface area contributed by atoms with Gasteiger partial charge in [0.25, 0.3) is 0 Å². The van der Waals surface area contributed by atoms with E-state index in [4.69, 9.17) is 51.1 Å². The van der Waals surface area contributed by atoms with Gasteiger partial charge in [0.05, 0.1) is 42.7 Å². The van der Waals surface area contributed by atoms with Crippen LogP contribution in [-0.4, -0.2) is 164 Å². The van der Waals surface area contributed by atoms with Gasteiger partial charge >= 0.3 is 0 Å². The molecule has 0 aliphatic carbocycles. The standard InChI is InChI=1S/2C22H12.4C13H14O.3C9H12O.7CH4O/c2*1-3-13-7-9-15-11-12-16-10-8-14-4-2-6-18-17(5-1)19(13)21(15)22(16)20(14)18;4*1-10(14)8-11-6-7-12-4-2-3-5-13(12)9-11;3*1-8(10)7-9-5-3-2-4-6-9;7*1-2/h2*1-12H;4*2-7,9-10,14H,8H2,1H3;3*2-6,8,10H,7H2,1H3;7*2H,1H3. The van der Waals surface area contributed by atoms with Crippen LogP contribution in [0.4, 0.5) is 0 Å². The van der Waals surface area contributed by atoms with E-state index in [9.17, 15) is 20.4 Å². The molecule has 0 aliphatic heterocycles. The van der Waals surface area contributed by atoms with E-state index >= 15 is 0 Å². The SMILES string of the molecule is CC(O)Cc1ccc2ccccc2c1.CC(O)Cc1ccc2ccccc2c1.CC(O)Cc1ccc2ccccc2c1.CC(O)Cc1ccc2ccccc2c1.CC(O)Cc1ccccc1.CC(O)Cc1ccccc1.CC(O)Cc1ccccc1.CO.CO.CO.CO.CO.CO.CO.c1cc2ccc3ccc4ccc5cccc6c(c1)c2c3c4c56.c1cc2ccc3ccc4ccc5cccc6c(c1)c2c3c4c56. The molecule has 0 spiro atoms. The van der Waals surface area contributed by atoms with E-state index in [1.54, 1.807) is 20.8 Å². The summed E-state index contributed by atoms with van der Waals surface area (Å²) in [5.41, 5.74) is 8.35. The Morgan fingerprint density at radius 2 is 0.257 bits per heavy atom. The van der Waals surface area contributed by atoms with E-state index < -0.39 is 0 Å². The maximum atomic E-state index is 9.28. The van der Waals surface area contributed by atoms with Gasteiger partial charge in [-0.2, -0.15) is 0 Å². The Bertz CT molecular complexity index is 6650. The minimum atomic E-state index is -0.267. The molecule has 0 aromatic heterocycles. The normalized spacial score (nSPS) is 11.9. The van der Waals surface area contributed by atoms with Crippen molar-refractivity contribution < 1.29 is 71.5 Å². The van der Waals surface area contributed by atoms with Crippen molar-refractivity contribution in [3.8, 4) is 0 Å². The van der Waals surface area contributed by atoms with E-state index in [0.717, 1.165) is 94.7 Å². The quantitative estimate of drug-likeness (QED) is 0.0356. The molecule has 0 amide bonds. The third-order valence-corrected chi connectivity index (χ3v) is 23.8. The fourth-order valence-corrected chi connectivity index (χ4v) is 18.2. The summed E-state index contributed by atoms with van der Waals surface area (Å²) < 4.78 is 0. The molecule has 144 heavy (non-hydrogen) atoms. The van der Waals surface area contributed by atoms with Gasteiger partial charge in [-0.1, -0.05) is 406 Å². The molecule has 0 saturated carbocycles. The van der Waals surface area contributed by atoms with E-state index in [0.29, 0.717) is 0 Å². The Kier molecular flexibility index (Phi) is 49.1. The number of aliphatic hydroxyl groups excluding tert-OH is 14. The fraction of sp³-hybridized carbons (Fsp3) is 0.215. The first kappa shape index (κ1) is 115. The molecule has 0 heterocycles. The highest BCUT2D eigenvalue weighted by Crippen LogP contribution is 2.47. The molecule has 23 aromatic carbocycles. The summed E-state index contributed by atoms with van der Waals surface area (Å²) >= 11 is 0. The zero-order chi connectivity index (χ0) is 105. The summed E-state index contributed by atoms with van der Waals surface area (Å²) in [6, 6.07) is 142. The molecule has 0 fully saturated rings. The number of aliphatic hydroxyl groups is 14. The molecule has 0 radical (unpaired) electrons. The highest BCUT2D eigenvalue weighted by atomic mass is 16.3. The Morgan fingerprint density at radius 3 is 0.424 bits per heavy atom. The molecule has 23 aromatic rings. The van der Waals surface area contributed by atoms with Crippen molar-refractivity contribution in [3.63, 3.8) is 0 Å². The first-order valence-corrected chi connectivity index (χ1v) is 48.7. The van der Waals surface area contributed by atoms with Crippen LogP contribution in [0, 0.1) is 0 Å². The third-order valence-electron chi connectivity index (χ3n) is 23.8. The van der Waals surface area contributed by atoms with Crippen molar-refractivity contribution in [2.45, 2.75) is 136 Å². The van der Waals surface area contributed by atoms with Gasteiger partial charge in [0, 0.05) is 49.8 Å². The average molecular weight is 1930 g/mol. The second-order valence-corrected chi connectivity index (χ2v) is 35.0. The summed E-state index contributed by atoms with van der Waals surface area (Å²) in [5, 5.41) is 151. The van der Waals surface area contributed by atoms with E-state index in [1.165, 1.54) is 190 Å². The minimum absolute atomic E-state index is 0.234. The Morgan fingerprint density at radius 1 is 0.125 bits per heavy atom. The van der Waals surface area contributed by atoms with Crippen LogP contribution in [0.2, 0.25) is 0 Å². The zero-order valence-electron chi connectivity index (χ0n) is 85.4. The molecule has 748 valence electrons. The maximum Gasteiger partial charge on any atom is 0.0552 e. The van der Waals surface area contributed by atoms with Crippen LogP contribution in [0.5, 0.6) is 0 Å². The predicted octanol–water partition coefficient (Wildman–Crippen LogP) is 25.8. The molecule has 14 nitrogen and oxygen atoms in total. The van der Waals surface area contributed by atoms with Crippen molar-refractivity contribution in [1.29, 1.82) is 0 Å². The van der Waals surface area contributed by atoms with Crippen LogP contribution in [0.3, 0.4) is 0 Å². The first-order chi connectivity index (χ1) is 70.2. The second kappa shape index (κ2) is 61.2. The average Bonchev–Trinajstić information content (AvgIpc) is 0.707. The first-order valence-electron chi connectivity index (χ1n) is 48.7. The van der Waals surface area contributed by atoms with Crippen LogP contribution in [0.25, 0.3) is 151 Å². The minimum Gasteiger partial charge on any atom is -0.400 e. The van der Waals surface area contributed by atoms with Gasteiger partial charge in [0.1, 0.15) is 0 Å². The van der Waals surface area contributed by atoms with Crippen molar-refractivity contribution >= 4 is 151 Å². The van der Waals surface area contributed by atoms with Gasteiger partial charge in [-0.3, -0.25) is 0 Å². The summed E-state index contributed by atoms with van der Waals surface area (Å²) in [6.07, 6.45) is 3.39. The third kappa shape index (κ3) is 32.6. The van der Waals surface area contributed by atoms with Crippen LogP contribution >= 0.6 is 0 Å². The molecule has 14 heteroatoms. The predicted molar refractivity (Wildman–Crippen MR) is 612 cm³/mol. The lowest BCUT2D eigenvalue weighted by atomic mass is 9.86. The Hall–Kier alpha value is -13.8. The van der Waals surface area contributed by atoms with Gasteiger partial charge in [-0.15, -0.1) is 0 Å². The number of hydrogen-bond acceptors (Lipinski definition) is 14. The molecular formula is C130H144O14. The lowest BCUT2D eigenvalue weighted by Crippen LogP contribution is -2.03. The zero-order valence-corrected chi connectivity index (χ0v) is 85.4. The van der Waals surface area contributed by atoms with E-state index in [1.807, 2.05) is 167 Å². The number of rotatable bonds is 14. The lowest BCUT2D eigenvalue weighted by molar-refractivity contribution is 0.195. The van der Waals surface area contributed by atoms with Gasteiger partial charge in [-0.25, -0.2) is 0 Å². The maximum absolute atomic E-state index is 9.28. The molecular weight excluding hydrogens is 1790 g/mol. The van der Waals surface area contributed by atoms with Crippen molar-refractivity contribution in [2.75, 3.05) is 49.8 Å². The van der Waals surface area contributed by atoms with Crippen LogP contribution < -0.4 is 0 Å². The van der Waals surface area contributed by atoms with Crippen LogP contribution in [0.15, 0.2) is 406 Å². The second-order valence-electron chi connectivity index (χ2n) is 35.0. The Balaban J connectivity index is 0.000000198. The molecule has 7 atom stereocenters. The lowest BCUT2D eigenvalue weighted by Gasteiger charge is -2.17. The monoisotopic (exact) mass is 1930 g/mol. The topological polar surface area (TPSA) is 283 Å². The fourth-order valence-electron chi connectivity index (χ4n) is 18.2. The van der Waals surface area contributed by atoms with Gasteiger partial charge in [0.15, 0.2) is 0 Å². The Labute approximate surface area is 848 Å². The van der Waals surface area contributed by atoms with Gasteiger partial charge in [0.2, 0.25) is 0 Å². The molecule has 7 unspecified atom stereocenters. The summed E-state index contributed by atoms with van der Waals surface area (Å²) in [6.45, 7) is 12.7. The van der Waals surface area contributed by atoms with Crippen LogP contribution in [-0.2, 0) is 44.9 Å². The van der Waals surface area contributed by atoms with E-state index in [2.05, 4.69) is 267 Å². The number of benzene rings is 23. The summed E-state index contributed by atoms with van der Waals surface area (Å²) in [4.78, 5) is 0. The largest absolute Gasteiger partial charge is 0.400 e. The van der Waals surface area contributed by atoms with Gasteiger partial charge in [-0.05, 0) is 283 Å². The highest BCUT2D eigenvalue weighted by molar-refractivity contribution is 6.41. The molecule has 14 N–H and O–H groups in total. The molecule has 23 rings (SSSR count). The van der Waals surface area contributed by atoms with Gasteiger partial charge < -0.3 is 71.5 Å². The molecule has 0 aliphatic rings. The van der Waals surface area contributed by atoms with Crippen LogP contribution in [0.1, 0.15) is 87.4 Å². The van der Waals surface area contributed by atoms with Crippen molar-refractivity contribution in [2.24, 2.45) is 0 Å².